The number of halogens is 2. The molecule has 2 nitrogen and oxygen atoms in total. The Morgan fingerprint density at radius 1 is 1.38 bits per heavy atom. The molecule has 1 fully saturated rings. The van der Waals surface area contributed by atoms with Gasteiger partial charge in [0.1, 0.15) is 11.6 Å². The average Bonchev–Trinajstić information content (AvgIpc) is 2.33. The van der Waals surface area contributed by atoms with E-state index in [0.29, 0.717) is 16.1 Å². The van der Waals surface area contributed by atoms with Crippen LogP contribution in [0.2, 0.25) is 0 Å². The number of nitrogens with one attached hydrogen (secondary N) is 1. The molecule has 1 N–H and O–H groups in total. The molecule has 1 saturated heterocycles. The van der Waals surface area contributed by atoms with Gasteiger partial charge in [0.2, 0.25) is 0 Å². The van der Waals surface area contributed by atoms with Gasteiger partial charge in [0.25, 0.3) is 0 Å². The summed E-state index contributed by atoms with van der Waals surface area (Å²) < 4.78 is 19.2. The van der Waals surface area contributed by atoms with Crippen LogP contribution in [0.3, 0.4) is 0 Å². The number of ether oxygens (including phenoxy) is 1. The normalized spacial score (nSPS) is 17.4. The Morgan fingerprint density at radius 2 is 2.06 bits per heavy atom. The van der Waals surface area contributed by atoms with E-state index in [1.165, 1.54) is 0 Å². The standard InChI is InChI=1S/C12H15BrFNO/c1-16-11-7-9(6-10(14)12(11)13)8-2-4-15-5-3-8/h6-8,15H,2-5H2,1H3. The molecule has 0 unspecified atom stereocenters. The average molecular weight is 288 g/mol. The van der Waals surface area contributed by atoms with Gasteiger partial charge in [0.15, 0.2) is 0 Å². The lowest BCUT2D eigenvalue weighted by Gasteiger charge is -2.23. The zero-order chi connectivity index (χ0) is 11.5. The molecule has 88 valence electrons. The smallest absolute Gasteiger partial charge is 0.141 e. The Balaban J connectivity index is 2.29. The van der Waals surface area contributed by atoms with Gasteiger partial charge in [-0.25, -0.2) is 4.39 Å². The second-order valence-electron chi connectivity index (χ2n) is 4.04. The molecular formula is C12H15BrFNO. The van der Waals surface area contributed by atoms with E-state index < -0.39 is 0 Å². The minimum atomic E-state index is -0.243. The molecule has 4 heteroatoms. The number of rotatable bonds is 2. The lowest BCUT2D eigenvalue weighted by atomic mass is 9.90. The fourth-order valence-electron chi connectivity index (χ4n) is 2.12. The molecule has 0 bridgehead atoms. The summed E-state index contributed by atoms with van der Waals surface area (Å²) in [6, 6.07) is 3.55. The first-order valence-corrected chi connectivity index (χ1v) is 6.25. The maximum absolute atomic E-state index is 13.6. The van der Waals surface area contributed by atoms with Crippen molar-refractivity contribution >= 4 is 15.9 Å². The lowest BCUT2D eigenvalue weighted by Crippen LogP contribution is -2.26. The largest absolute Gasteiger partial charge is 0.495 e. The Labute approximate surface area is 103 Å². The zero-order valence-corrected chi connectivity index (χ0v) is 10.8. The Bertz CT molecular complexity index is 378. The minimum Gasteiger partial charge on any atom is -0.495 e. The molecule has 0 amide bonds. The summed E-state index contributed by atoms with van der Waals surface area (Å²) in [6.45, 7) is 2.01. The molecule has 0 spiro atoms. The van der Waals surface area contributed by atoms with Gasteiger partial charge in [-0.3, -0.25) is 0 Å². The lowest BCUT2D eigenvalue weighted by molar-refractivity contribution is 0.403. The summed E-state index contributed by atoms with van der Waals surface area (Å²) >= 11 is 3.19. The Hall–Kier alpha value is -0.610. The number of piperidine rings is 1. The predicted octanol–water partition coefficient (Wildman–Crippen LogP) is 3.06. The second kappa shape index (κ2) is 5.15. The second-order valence-corrected chi connectivity index (χ2v) is 4.84. The maximum Gasteiger partial charge on any atom is 0.141 e. The van der Waals surface area contributed by atoms with Crippen LogP contribution in [0.25, 0.3) is 0 Å². The first kappa shape index (κ1) is 11.9. The number of hydrogen-bond acceptors (Lipinski definition) is 2. The van der Waals surface area contributed by atoms with E-state index in [1.54, 1.807) is 13.2 Å². The first-order chi connectivity index (χ1) is 7.72. The molecule has 0 atom stereocenters. The Morgan fingerprint density at radius 3 is 2.69 bits per heavy atom. The molecule has 1 aromatic rings. The third kappa shape index (κ3) is 2.38. The van der Waals surface area contributed by atoms with Gasteiger partial charge in [-0.05, 0) is 65.5 Å². The molecule has 0 saturated carbocycles. The summed E-state index contributed by atoms with van der Waals surface area (Å²) in [7, 11) is 1.56. The monoisotopic (exact) mass is 287 g/mol. The van der Waals surface area contributed by atoms with Crippen molar-refractivity contribution in [2.24, 2.45) is 0 Å². The van der Waals surface area contributed by atoms with E-state index in [1.807, 2.05) is 6.07 Å². The van der Waals surface area contributed by atoms with Crippen LogP contribution in [-0.2, 0) is 0 Å². The molecule has 0 aliphatic carbocycles. The third-order valence-electron chi connectivity index (χ3n) is 3.05. The van der Waals surface area contributed by atoms with E-state index >= 15 is 0 Å². The number of methoxy groups -OCH3 is 1. The summed E-state index contributed by atoms with van der Waals surface area (Å²) in [5.41, 5.74) is 1.04. The van der Waals surface area contributed by atoms with Crippen molar-refractivity contribution in [2.75, 3.05) is 20.2 Å². The summed E-state index contributed by atoms with van der Waals surface area (Å²) in [6.07, 6.45) is 2.12. The highest BCUT2D eigenvalue weighted by atomic mass is 79.9. The molecule has 16 heavy (non-hydrogen) atoms. The highest BCUT2D eigenvalue weighted by Gasteiger charge is 2.18. The van der Waals surface area contributed by atoms with Crippen LogP contribution in [0.1, 0.15) is 24.3 Å². The van der Waals surface area contributed by atoms with Crippen LogP contribution in [0.5, 0.6) is 5.75 Å². The number of hydrogen-bond donors (Lipinski definition) is 1. The minimum absolute atomic E-state index is 0.243. The summed E-state index contributed by atoms with van der Waals surface area (Å²) in [4.78, 5) is 0. The molecule has 1 aliphatic rings. The van der Waals surface area contributed by atoms with Gasteiger partial charge in [-0.1, -0.05) is 0 Å². The van der Waals surface area contributed by atoms with Gasteiger partial charge in [-0.2, -0.15) is 0 Å². The molecule has 0 radical (unpaired) electrons. The van der Waals surface area contributed by atoms with E-state index in [9.17, 15) is 4.39 Å². The van der Waals surface area contributed by atoms with Gasteiger partial charge >= 0.3 is 0 Å². The van der Waals surface area contributed by atoms with Gasteiger partial charge in [-0.15, -0.1) is 0 Å². The Kier molecular flexibility index (Phi) is 3.82. The quantitative estimate of drug-likeness (QED) is 0.903. The fourth-order valence-corrected chi connectivity index (χ4v) is 2.51. The topological polar surface area (TPSA) is 21.3 Å². The highest BCUT2D eigenvalue weighted by Crippen LogP contribution is 2.34. The summed E-state index contributed by atoms with van der Waals surface area (Å²) in [5.74, 6) is 0.777. The van der Waals surface area contributed by atoms with Gasteiger partial charge < -0.3 is 10.1 Å². The van der Waals surface area contributed by atoms with Crippen LogP contribution < -0.4 is 10.1 Å². The molecule has 0 aromatic heterocycles. The van der Waals surface area contributed by atoms with Crippen LogP contribution in [0, 0.1) is 5.82 Å². The molecule has 1 aromatic carbocycles. The molecule has 1 heterocycles. The zero-order valence-electron chi connectivity index (χ0n) is 9.22. The molecular weight excluding hydrogens is 273 g/mol. The van der Waals surface area contributed by atoms with Crippen LogP contribution in [0.4, 0.5) is 4.39 Å². The van der Waals surface area contributed by atoms with E-state index in [4.69, 9.17) is 4.74 Å². The van der Waals surface area contributed by atoms with Crippen molar-refractivity contribution in [2.45, 2.75) is 18.8 Å². The van der Waals surface area contributed by atoms with Crippen molar-refractivity contribution in [1.29, 1.82) is 0 Å². The van der Waals surface area contributed by atoms with E-state index in [2.05, 4.69) is 21.2 Å². The van der Waals surface area contributed by atoms with Gasteiger partial charge in [0.05, 0.1) is 11.6 Å². The van der Waals surface area contributed by atoms with Crippen molar-refractivity contribution in [1.82, 2.24) is 5.32 Å². The third-order valence-corrected chi connectivity index (χ3v) is 3.82. The predicted molar refractivity (Wildman–Crippen MR) is 65.5 cm³/mol. The SMILES string of the molecule is COc1cc(C2CCNCC2)cc(F)c1Br. The van der Waals surface area contributed by atoms with Crippen LogP contribution >= 0.6 is 15.9 Å². The van der Waals surface area contributed by atoms with E-state index in [-0.39, 0.29) is 5.82 Å². The summed E-state index contributed by atoms with van der Waals surface area (Å²) in [5, 5.41) is 3.30. The van der Waals surface area contributed by atoms with Crippen molar-refractivity contribution in [3.8, 4) is 5.75 Å². The maximum atomic E-state index is 13.6. The first-order valence-electron chi connectivity index (χ1n) is 5.46. The number of benzene rings is 1. The van der Waals surface area contributed by atoms with Crippen LogP contribution in [0.15, 0.2) is 16.6 Å². The van der Waals surface area contributed by atoms with Crippen molar-refractivity contribution in [3.63, 3.8) is 0 Å². The van der Waals surface area contributed by atoms with E-state index in [0.717, 1.165) is 31.5 Å². The van der Waals surface area contributed by atoms with Crippen LogP contribution in [-0.4, -0.2) is 20.2 Å². The fraction of sp³-hybridized carbons (Fsp3) is 0.500. The van der Waals surface area contributed by atoms with Crippen molar-refractivity contribution < 1.29 is 9.13 Å². The highest BCUT2D eigenvalue weighted by molar-refractivity contribution is 9.10. The van der Waals surface area contributed by atoms with Gasteiger partial charge in [0, 0.05) is 0 Å². The van der Waals surface area contributed by atoms with Crippen molar-refractivity contribution in [3.05, 3.63) is 28.0 Å². The molecule has 1 aliphatic heterocycles. The molecule has 2 rings (SSSR count).